The molecule has 20 heavy (non-hydrogen) atoms. The molecule has 0 aliphatic rings. The van der Waals surface area contributed by atoms with Gasteiger partial charge >= 0.3 is 0 Å². The lowest BCUT2D eigenvalue weighted by Crippen LogP contribution is -2.00. The standard InChI is InChI=1S/C15H15ClFNO2/c1-19-12-6-11(7-13(8-12)20-2)18-9-10-3-4-15(17)14(16)5-10/h3-8,18H,9H2,1-2H3. The maximum Gasteiger partial charge on any atom is 0.141 e. The van der Waals surface area contributed by atoms with Crippen molar-refractivity contribution in [1.29, 1.82) is 0 Å². The van der Waals surface area contributed by atoms with Gasteiger partial charge in [0.05, 0.1) is 19.2 Å². The molecule has 5 heteroatoms. The molecule has 2 aromatic carbocycles. The van der Waals surface area contributed by atoms with Gasteiger partial charge in [-0.15, -0.1) is 0 Å². The van der Waals surface area contributed by atoms with Gasteiger partial charge in [-0.05, 0) is 17.7 Å². The summed E-state index contributed by atoms with van der Waals surface area (Å²) < 4.78 is 23.5. The minimum Gasteiger partial charge on any atom is -0.497 e. The van der Waals surface area contributed by atoms with E-state index in [0.29, 0.717) is 18.0 Å². The molecule has 0 saturated heterocycles. The Morgan fingerprint density at radius 2 is 1.70 bits per heavy atom. The van der Waals surface area contributed by atoms with Crippen LogP contribution in [0.15, 0.2) is 36.4 Å². The van der Waals surface area contributed by atoms with Crippen molar-refractivity contribution < 1.29 is 13.9 Å². The number of benzene rings is 2. The van der Waals surface area contributed by atoms with Crippen LogP contribution in [0.5, 0.6) is 11.5 Å². The lowest BCUT2D eigenvalue weighted by molar-refractivity contribution is 0.394. The minimum absolute atomic E-state index is 0.118. The number of hydrogen-bond donors (Lipinski definition) is 1. The molecule has 0 heterocycles. The van der Waals surface area contributed by atoms with Crippen molar-refractivity contribution in [2.24, 2.45) is 0 Å². The van der Waals surface area contributed by atoms with Crippen molar-refractivity contribution >= 4 is 17.3 Å². The summed E-state index contributed by atoms with van der Waals surface area (Å²) in [5.41, 5.74) is 1.74. The Hall–Kier alpha value is -1.94. The van der Waals surface area contributed by atoms with Gasteiger partial charge in [-0.3, -0.25) is 0 Å². The van der Waals surface area contributed by atoms with Crippen LogP contribution in [0.2, 0.25) is 5.02 Å². The molecule has 0 aliphatic heterocycles. The molecule has 1 N–H and O–H groups in total. The lowest BCUT2D eigenvalue weighted by Gasteiger charge is -2.11. The molecule has 0 aromatic heterocycles. The zero-order valence-electron chi connectivity index (χ0n) is 11.2. The van der Waals surface area contributed by atoms with E-state index in [1.54, 1.807) is 32.4 Å². The third-order valence-electron chi connectivity index (χ3n) is 2.83. The predicted octanol–water partition coefficient (Wildman–Crippen LogP) is 4.11. The van der Waals surface area contributed by atoms with E-state index >= 15 is 0 Å². The van der Waals surface area contributed by atoms with Gasteiger partial charge in [0.2, 0.25) is 0 Å². The van der Waals surface area contributed by atoms with Crippen LogP contribution in [0.4, 0.5) is 10.1 Å². The summed E-state index contributed by atoms with van der Waals surface area (Å²) in [6.07, 6.45) is 0. The van der Waals surface area contributed by atoms with Crippen molar-refractivity contribution in [2.45, 2.75) is 6.54 Å². The molecular formula is C15H15ClFNO2. The highest BCUT2D eigenvalue weighted by Gasteiger charge is 2.03. The van der Waals surface area contributed by atoms with E-state index in [1.165, 1.54) is 6.07 Å². The van der Waals surface area contributed by atoms with Crippen LogP contribution in [0.1, 0.15) is 5.56 Å². The molecule has 0 atom stereocenters. The van der Waals surface area contributed by atoms with Gasteiger partial charge < -0.3 is 14.8 Å². The topological polar surface area (TPSA) is 30.5 Å². The van der Waals surface area contributed by atoms with E-state index in [4.69, 9.17) is 21.1 Å². The molecule has 0 fully saturated rings. The number of nitrogens with one attached hydrogen (secondary N) is 1. The molecule has 3 nitrogen and oxygen atoms in total. The highest BCUT2D eigenvalue weighted by Crippen LogP contribution is 2.26. The van der Waals surface area contributed by atoms with Crippen LogP contribution in [-0.2, 0) is 6.54 Å². The Morgan fingerprint density at radius 1 is 1.05 bits per heavy atom. The zero-order valence-corrected chi connectivity index (χ0v) is 12.0. The Bertz CT molecular complexity index is 582. The summed E-state index contributed by atoms with van der Waals surface area (Å²) in [5.74, 6) is 0.978. The average Bonchev–Trinajstić information content (AvgIpc) is 2.48. The Labute approximate surface area is 122 Å². The fourth-order valence-electron chi connectivity index (χ4n) is 1.76. The predicted molar refractivity (Wildman–Crippen MR) is 78.3 cm³/mol. The summed E-state index contributed by atoms with van der Waals surface area (Å²) in [4.78, 5) is 0. The van der Waals surface area contributed by atoms with Crippen molar-refractivity contribution in [2.75, 3.05) is 19.5 Å². The van der Waals surface area contributed by atoms with Gasteiger partial charge in [0.1, 0.15) is 17.3 Å². The molecule has 2 rings (SSSR count). The van der Waals surface area contributed by atoms with Crippen LogP contribution in [0, 0.1) is 5.82 Å². The molecule has 0 amide bonds. The van der Waals surface area contributed by atoms with Gasteiger partial charge in [-0.2, -0.15) is 0 Å². The first kappa shape index (κ1) is 14.5. The average molecular weight is 296 g/mol. The van der Waals surface area contributed by atoms with Crippen LogP contribution >= 0.6 is 11.6 Å². The number of anilines is 1. The van der Waals surface area contributed by atoms with Crippen molar-refractivity contribution in [1.82, 2.24) is 0 Å². The van der Waals surface area contributed by atoms with Gasteiger partial charge in [0.25, 0.3) is 0 Å². The van der Waals surface area contributed by atoms with Crippen LogP contribution in [0.3, 0.4) is 0 Å². The Kier molecular flexibility index (Phi) is 4.69. The largest absolute Gasteiger partial charge is 0.497 e. The van der Waals surface area contributed by atoms with Gasteiger partial charge in [0, 0.05) is 30.4 Å². The summed E-state index contributed by atoms with van der Waals surface area (Å²) in [7, 11) is 3.19. The van der Waals surface area contributed by atoms with Gasteiger partial charge in [-0.25, -0.2) is 4.39 Å². The first-order chi connectivity index (χ1) is 9.62. The summed E-state index contributed by atoms with van der Waals surface area (Å²) in [5, 5.41) is 3.33. The number of methoxy groups -OCH3 is 2. The van der Waals surface area contributed by atoms with E-state index in [2.05, 4.69) is 5.32 Å². The third-order valence-corrected chi connectivity index (χ3v) is 3.12. The fourth-order valence-corrected chi connectivity index (χ4v) is 1.97. The second-order valence-corrected chi connectivity index (χ2v) is 4.61. The SMILES string of the molecule is COc1cc(NCc2ccc(F)c(Cl)c2)cc(OC)c1. The molecule has 0 saturated carbocycles. The summed E-state index contributed by atoms with van der Waals surface area (Å²) >= 11 is 5.75. The highest BCUT2D eigenvalue weighted by atomic mass is 35.5. The van der Waals surface area contributed by atoms with E-state index in [9.17, 15) is 4.39 Å². The molecule has 106 valence electrons. The first-order valence-electron chi connectivity index (χ1n) is 6.03. The number of rotatable bonds is 5. The molecule has 0 radical (unpaired) electrons. The van der Waals surface area contributed by atoms with Crippen LogP contribution in [0.25, 0.3) is 0 Å². The van der Waals surface area contributed by atoms with Gasteiger partial charge in [-0.1, -0.05) is 17.7 Å². The number of halogens is 2. The number of hydrogen-bond acceptors (Lipinski definition) is 3. The van der Waals surface area contributed by atoms with E-state index < -0.39 is 5.82 Å². The molecule has 0 spiro atoms. The maximum absolute atomic E-state index is 13.1. The number of ether oxygens (including phenoxy) is 2. The second-order valence-electron chi connectivity index (χ2n) is 4.20. The smallest absolute Gasteiger partial charge is 0.141 e. The van der Waals surface area contributed by atoms with E-state index in [1.807, 2.05) is 12.1 Å². The quantitative estimate of drug-likeness (QED) is 0.900. The molecule has 0 unspecified atom stereocenters. The van der Waals surface area contributed by atoms with Crippen LogP contribution < -0.4 is 14.8 Å². The molecule has 0 aliphatic carbocycles. The summed E-state index contributed by atoms with van der Waals surface area (Å²) in [6.45, 7) is 0.524. The maximum atomic E-state index is 13.1. The van der Waals surface area contributed by atoms with Crippen LogP contribution in [-0.4, -0.2) is 14.2 Å². The normalized spacial score (nSPS) is 10.2. The lowest BCUT2D eigenvalue weighted by atomic mass is 10.2. The fraction of sp³-hybridized carbons (Fsp3) is 0.200. The second kappa shape index (κ2) is 6.48. The first-order valence-corrected chi connectivity index (χ1v) is 6.41. The summed E-state index contributed by atoms with van der Waals surface area (Å²) in [6, 6.07) is 10.1. The Balaban J connectivity index is 2.11. The van der Waals surface area contributed by atoms with Gasteiger partial charge in [0.15, 0.2) is 0 Å². The van der Waals surface area contributed by atoms with E-state index in [-0.39, 0.29) is 5.02 Å². The van der Waals surface area contributed by atoms with Crippen molar-refractivity contribution in [3.63, 3.8) is 0 Å². The highest BCUT2D eigenvalue weighted by molar-refractivity contribution is 6.30. The molecular weight excluding hydrogens is 281 g/mol. The zero-order chi connectivity index (χ0) is 14.5. The monoisotopic (exact) mass is 295 g/mol. The minimum atomic E-state index is -0.418. The third kappa shape index (κ3) is 3.54. The molecule has 0 bridgehead atoms. The van der Waals surface area contributed by atoms with Crippen molar-refractivity contribution in [3.8, 4) is 11.5 Å². The van der Waals surface area contributed by atoms with E-state index in [0.717, 1.165) is 11.3 Å². The Morgan fingerprint density at radius 3 is 2.25 bits per heavy atom. The molecule has 2 aromatic rings. The van der Waals surface area contributed by atoms with Crippen molar-refractivity contribution in [3.05, 3.63) is 52.8 Å².